The zero-order valence-corrected chi connectivity index (χ0v) is 11.3. The Bertz CT molecular complexity index is 698. The Morgan fingerprint density at radius 3 is 2.36 bits per heavy atom. The average molecular weight is 300 g/mol. The molecule has 0 unspecified atom stereocenters. The summed E-state index contributed by atoms with van der Waals surface area (Å²) in [6.07, 6.45) is 2.76. The van der Waals surface area contributed by atoms with Gasteiger partial charge >= 0.3 is 0 Å². The molecule has 112 valence electrons. The summed E-state index contributed by atoms with van der Waals surface area (Å²) in [5.41, 5.74) is 2.48. The van der Waals surface area contributed by atoms with Crippen LogP contribution in [-0.4, -0.2) is 40.0 Å². The van der Waals surface area contributed by atoms with E-state index < -0.39 is 41.8 Å². The molecule has 2 saturated heterocycles. The molecular weight excluding hydrogens is 288 g/mol. The number of rotatable bonds is 2. The van der Waals surface area contributed by atoms with Crippen molar-refractivity contribution in [1.29, 1.82) is 0 Å². The van der Waals surface area contributed by atoms with E-state index in [9.17, 15) is 19.5 Å². The average Bonchev–Trinajstić information content (AvgIpc) is 3.17. The lowest BCUT2D eigenvalue weighted by Crippen LogP contribution is -2.47. The van der Waals surface area contributed by atoms with Gasteiger partial charge in [-0.2, -0.15) is 5.01 Å². The summed E-state index contributed by atoms with van der Waals surface area (Å²) in [5, 5.41) is 10.2. The summed E-state index contributed by atoms with van der Waals surface area (Å²) in [5.74, 6) is -2.74. The highest BCUT2D eigenvalue weighted by Crippen LogP contribution is 2.44. The molecule has 2 N–H and O–H groups in total. The highest BCUT2D eigenvalue weighted by Gasteiger charge is 2.61. The number of amides is 3. The van der Waals surface area contributed by atoms with Gasteiger partial charge in [-0.25, -0.2) is 0 Å². The van der Waals surface area contributed by atoms with E-state index in [1.807, 2.05) is 0 Å². The fourth-order valence-electron chi connectivity index (χ4n) is 3.23. The second kappa shape index (κ2) is 4.41. The van der Waals surface area contributed by atoms with Crippen LogP contribution in [0.4, 0.5) is 0 Å². The van der Waals surface area contributed by atoms with Gasteiger partial charge in [0.1, 0.15) is 5.75 Å². The van der Waals surface area contributed by atoms with E-state index in [0.29, 0.717) is 0 Å². The zero-order valence-electron chi connectivity index (χ0n) is 11.3. The SMILES string of the molecule is O=C(NN1C(=O)[C@@H]2[C@H](C1=O)[C@@H]1C=C[C@@H]2O1)c1cccc(O)c1. The molecule has 3 heterocycles. The third kappa shape index (κ3) is 1.69. The van der Waals surface area contributed by atoms with E-state index in [4.69, 9.17) is 4.74 Å². The first kappa shape index (κ1) is 13.0. The fraction of sp³-hybridized carbons (Fsp3) is 0.267. The maximum Gasteiger partial charge on any atom is 0.270 e. The molecule has 2 fully saturated rings. The van der Waals surface area contributed by atoms with Gasteiger partial charge in [-0.1, -0.05) is 18.2 Å². The van der Waals surface area contributed by atoms with Crippen molar-refractivity contribution >= 4 is 17.7 Å². The maximum absolute atomic E-state index is 12.3. The second-order valence-corrected chi connectivity index (χ2v) is 5.50. The van der Waals surface area contributed by atoms with Crippen molar-refractivity contribution in [1.82, 2.24) is 10.4 Å². The molecule has 1 aromatic carbocycles. The molecule has 7 nitrogen and oxygen atoms in total. The van der Waals surface area contributed by atoms with Crippen molar-refractivity contribution in [3.05, 3.63) is 42.0 Å². The number of phenols is 1. The van der Waals surface area contributed by atoms with Crippen molar-refractivity contribution in [2.75, 3.05) is 0 Å². The molecule has 3 aliphatic rings. The Hall–Kier alpha value is -2.67. The summed E-state index contributed by atoms with van der Waals surface area (Å²) in [6.45, 7) is 0. The molecule has 0 saturated carbocycles. The van der Waals surface area contributed by atoms with Gasteiger partial charge in [-0.15, -0.1) is 0 Å². The summed E-state index contributed by atoms with van der Waals surface area (Å²) < 4.78 is 5.51. The van der Waals surface area contributed by atoms with Gasteiger partial charge < -0.3 is 9.84 Å². The van der Waals surface area contributed by atoms with Gasteiger partial charge in [0.25, 0.3) is 17.7 Å². The fourth-order valence-corrected chi connectivity index (χ4v) is 3.23. The van der Waals surface area contributed by atoms with Crippen LogP contribution in [0.2, 0.25) is 0 Å². The number of benzene rings is 1. The lowest BCUT2D eigenvalue weighted by atomic mass is 9.85. The number of nitrogens with one attached hydrogen (secondary N) is 1. The largest absolute Gasteiger partial charge is 0.508 e. The molecule has 0 aliphatic carbocycles. The molecular formula is C15H12N2O5. The van der Waals surface area contributed by atoms with Crippen LogP contribution in [0.25, 0.3) is 0 Å². The molecule has 4 atom stereocenters. The number of fused-ring (bicyclic) bond motifs is 5. The second-order valence-electron chi connectivity index (χ2n) is 5.50. The Labute approximate surface area is 125 Å². The molecule has 7 heteroatoms. The highest BCUT2D eigenvalue weighted by atomic mass is 16.5. The van der Waals surface area contributed by atoms with E-state index in [-0.39, 0.29) is 11.3 Å². The van der Waals surface area contributed by atoms with Crippen molar-refractivity contribution in [3.63, 3.8) is 0 Å². The van der Waals surface area contributed by atoms with Crippen molar-refractivity contribution in [2.45, 2.75) is 12.2 Å². The monoisotopic (exact) mass is 300 g/mol. The number of phenolic OH excluding ortho intramolecular Hbond substituents is 1. The van der Waals surface area contributed by atoms with Crippen LogP contribution in [0.3, 0.4) is 0 Å². The number of hydrazine groups is 1. The molecule has 2 bridgehead atoms. The minimum Gasteiger partial charge on any atom is -0.508 e. The van der Waals surface area contributed by atoms with E-state index in [0.717, 1.165) is 5.01 Å². The number of imide groups is 1. The van der Waals surface area contributed by atoms with E-state index in [2.05, 4.69) is 5.43 Å². The van der Waals surface area contributed by atoms with E-state index in [1.54, 1.807) is 12.2 Å². The summed E-state index contributed by atoms with van der Waals surface area (Å²) >= 11 is 0. The molecule has 0 aromatic heterocycles. The van der Waals surface area contributed by atoms with Crippen LogP contribution in [0.1, 0.15) is 10.4 Å². The lowest BCUT2D eigenvalue weighted by molar-refractivity contribution is -0.145. The molecule has 3 amide bonds. The van der Waals surface area contributed by atoms with Crippen LogP contribution < -0.4 is 5.43 Å². The third-order valence-electron chi connectivity index (χ3n) is 4.23. The number of carbonyl (C=O) groups is 3. The number of carbonyl (C=O) groups excluding carboxylic acids is 3. The summed E-state index contributed by atoms with van der Waals surface area (Å²) in [4.78, 5) is 36.8. The minimum atomic E-state index is -0.626. The van der Waals surface area contributed by atoms with Gasteiger partial charge in [0.15, 0.2) is 0 Å². The van der Waals surface area contributed by atoms with Gasteiger partial charge in [0.2, 0.25) is 0 Å². The first-order valence-electron chi connectivity index (χ1n) is 6.88. The number of hydrogen-bond acceptors (Lipinski definition) is 5. The highest BCUT2D eigenvalue weighted by molar-refractivity contribution is 6.09. The normalized spacial score (nSPS) is 31.7. The molecule has 0 spiro atoms. The van der Waals surface area contributed by atoms with Gasteiger partial charge in [-0.3, -0.25) is 19.8 Å². The zero-order chi connectivity index (χ0) is 15.4. The van der Waals surface area contributed by atoms with Crippen molar-refractivity contribution < 1.29 is 24.2 Å². The molecule has 4 rings (SSSR count). The predicted octanol–water partition coefficient (Wildman–Crippen LogP) is -0.0246. The minimum absolute atomic E-state index is 0.0701. The molecule has 1 aromatic rings. The first-order chi connectivity index (χ1) is 10.6. The molecule has 3 aliphatic heterocycles. The molecule has 22 heavy (non-hydrogen) atoms. The Morgan fingerprint density at radius 2 is 1.77 bits per heavy atom. The summed E-state index contributed by atoms with van der Waals surface area (Å²) in [6, 6.07) is 5.67. The number of aromatic hydroxyl groups is 1. The Balaban J connectivity index is 1.56. The maximum atomic E-state index is 12.3. The standard InChI is InChI=1S/C15H12N2O5/c18-8-3-1-2-7(6-8)13(19)16-17-14(20)11-9-4-5-10(22-9)12(11)15(17)21/h1-6,9-12,18H,(H,16,19)/t9-,10-,11-,12+/m0/s1. The van der Waals surface area contributed by atoms with Crippen LogP contribution in [0.5, 0.6) is 5.75 Å². The van der Waals surface area contributed by atoms with Gasteiger partial charge in [0.05, 0.1) is 24.0 Å². The predicted molar refractivity (Wildman–Crippen MR) is 72.2 cm³/mol. The van der Waals surface area contributed by atoms with Crippen LogP contribution in [0.15, 0.2) is 36.4 Å². The lowest BCUT2D eigenvalue weighted by Gasteiger charge is -2.18. The van der Waals surface area contributed by atoms with Gasteiger partial charge in [-0.05, 0) is 18.2 Å². The van der Waals surface area contributed by atoms with Gasteiger partial charge in [0, 0.05) is 5.56 Å². The number of ether oxygens (including phenoxy) is 1. The molecule has 0 radical (unpaired) electrons. The number of hydrogen-bond donors (Lipinski definition) is 2. The van der Waals surface area contributed by atoms with E-state index >= 15 is 0 Å². The Kier molecular flexibility index (Phi) is 2.61. The Morgan fingerprint density at radius 1 is 1.14 bits per heavy atom. The smallest absolute Gasteiger partial charge is 0.270 e. The van der Waals surface area contributed by atoms with Crippen LogP contribution in [0, 0.1) is 11.8 Å². The van der Waals surface area contributed by atoms with E-state index in [1.165, 1.54) is 24.3 Å². The van der Waals surface area contributed by atoms with Crippen LogP contribution in [-0.2, 0) is 14.3 Å². The first-order valence-corrected chi connectivity index (χ1v) is 6.88. The topological polar surface area (TPSA) is 95.9 Å². The summed E-state index contributed by atoms with van der Waals surface area (Å²) in [7, 11) is 0. The van der Waals surface area contributed by atoms with Crippen LogP contribution >= 0.6 is 0 Å². The van der Waals surface area contributed by atoms with Crippen molar-refractivity contribution in [3.8, 4) is 5.75 Å². The number of nitrogens with zero attached hydrogens (tertiary/aromatic N) is 1. The van der Waals surface area contributed by atoms with Crippen molar-refractivity contribution in [2.24, 2.45) is 11.8 Å². The quantitative estimate of drug-likeness (QED) is 0.591. The third-order valence-corrected chi connectivity index (χ3v) is 4.23.